The van der Waals surface area contributed by atoms with Gasteiger partial charge in [-0.05, 0) is 23.6 Å². The zero-order valence-electron chi connectivity index (χ0n) is 18.7. The summed E-state index contributed by atoms with van der Waals surface area (Å²) >= 11 is 0. The van der Waals surface area contributed by atoms with Crippen molar-refractivity contribution in [2.45, 2.75) is 38.1 Å². The monoisotopic (exact) mass is 443 g/mol. The lowest BCUT2D eigenvalue weighted by Gasteiger charge is -2.27. The van der Waals surface area contributed by atoms with E-state index in [-0.39, 0.29) is 24.6 Å². The van der Waals surface area contributed by atoms with Crippen molar-refractivity contribution in [1.29, 1.82) is 0 Å². The van der Waals surface area contributed by atoms with Gasteiger partial charge in [-0.15, -0.1) is 0 Å². The summed E-state index contributed by atoms with van der Waals surface area (Å²) in [5.74, 6) is -0.273. The normalized spacial score (nSPS) is 18.9. The minimum Gasteiger partial charge on any atom is -0.394 e. The number of hydrogen-bond acceptors (Lipinski definition) is 3. The maximum Gasteiger partial charge on any atom is 0.321 e. The second-order valence-corrected chi connectivity index (χ2v) is 8.35. The molecule has 6 nitrogen and oxygen atoms in total. The van der Waals surface area contributed by atoms with Crippen LogP contribution < -0.4 is 5.32 Å². The number of amides is 3. The van der Waals surface area contributed by atoms with E-state index in [1.165, 1.54) is 0 Å². The van der Waals surface area contributed by atoms with Crippen molar-refractivity contribution in [2.24, 2.45) is 0 Å². The molecule has 1 aliphatic heterocycles. The Kier molecular flexibility index (Phi) is 7.05. The number of aliphatic hydroxyl groups excluding tert-OH is 1. The van der Waals surface area contributed by atoms with Gasteiger partial charge in [0.15, 0.2) is 0 Å². The summed E-state index contributed by atoms with van der Waals surface area (Å²) in [6.45, 7) is 2.23. The number of carbonyl (C=O) groups excluding carboxylic acids is 2. The topological polar surface area (TPSA) is 72.9 Å². The molecule has 3 atom stereocenters. The molecule has 0 unspecified atom stereocenters. The molecular formula is C27H29N3O3. The van der Waals surface area contributed by atoms with Crippen LogP contribution >= 0.6 is 0 Å². The highest BCUT2D eigenvalue weighted by Gasteiger charge is 2.49. The fourth-order valence-electron chi connectivity index (χ4n) is 4.35. The van der Waals surface area contributed by atoms with Gasteiger partial charge in [-0.3, -0.25) is 4.79 Å². The van der Waals surface area contributed by atoms with E-state index >= 15 is 0 Å². The molecule has 0 aromatic heterocycles. The van der Waals surface area contributed by atoms with Gasteiger partial charge < -0.3 is 20.2 Å². The first-order chi connectivity index (χ1) is 16.1. The number of carbonyl (C=O) groups is 2. The van der Waals surface area contributed by atoms with Crippen molar-refractivity contribution in [3.05, 3.63) is 108 Å². The van der Waals surface area contributed by atoms with Crippen LogP contribution in [0.25, 0.3) is 0 Å². The Morgan fingerprint density at radius 1 is 0.848 bits per heavy atom. The third-order valence-corrected chi connectivity index (χ3v) is 6.10. The quantitative estimate of drug-likeness (QED) is 0.557. The molecule has 0 aliphatic carbocycles. The molecule has 3 aromatic rings. The number of urea groups is 1. The SMILES string of the molecule is C[C@@H](NC(=O)[C@@H]1[C@H](CO)N(Cc2ccccc2)C(=O)N1Cc1ccccc1)c1ccccc1. The highest BCUT2D eigenvalue weighted by Crippen LogP contribution is 2.28. The number of nitrogens with one attached hydrogen (secondary N) is 1. The second kappa shape index (κ2) is 10.3. The van der Waals surface area contributed by atoms with E-state index in [9.17, 15) is 14.7 Å². The van der Waals surface area contributed by atoms with E-state index in [1.807, 2.05) is 97.9 Å². The average Bonchev–Trinajstić information content (AvgIpc) is 3.11. The van der Waals surface area contributed by atoms with Crippen LogP contribution in [0.1, 0.15) is 29.7 Å². The van der Waals surface area contributed by atoms with E-state index in [0.29, 0.717) is 13.1 Å². The number of rotatable bonds is 8. The largest absolute Gasteiger partial charge is 0.394 e. The van der Waals surface area contributed by atoms with Crippen LogP contribution in [0.3, 0.4) is 0 Å². The molecule has 0 saturated carbocycles. The Balaban J connectivity index is 1.62. The summed E-state index contributed by atoms with van der Waals surface area (Å²) in [7, 11) is 0. The fraction of sp³-hybridized carbons (Fsp3) is 0.259. The lowest BCUT2D eigenvalue weighted by atomic mass is 10.0. The molecule has 0 spiro atoms. The van der Waals surface area contributed by atoms with Crippen LogP contribution in [0.15, 0.2) is 91.0 Å². The summed E-state index contributed by atoms with van der Waals surface area (Å²) in [4.78, 5) is 30.2. The fourth-order valence-corrected chi connectivity index (χ4v) is 4.35. The molecule has 1 aliphatic rings. The van der Waals surface area contributed by atoms with Crippen LogP contribution in [0.5, 0.6) is 0 Å². The Bertz CT molecular complexity index is 1060. The second-order valence-electron chi connectivity index (χ2n) is 8.35. The molecule has 1 heterocycles. The summed E-state index contributed by atoms with van der Waals surface area (Å²) in [6.07, 6.45) is 0. The van der Waals surface area contributed by atoms with E-state index < -0.39 is 12.1 Å². The van der Waals surface area contributed by atoms with Crippen LogP contribution in [-0.2, 0) is 17.9 Å². The first kappa shape index (κ1) is 22.6. The Labute approximate surface area is 194 Å². The Morgan fingerprint density at radius 2 is 1.33 bits per heavy atom. The van der Waals surface area contributed by atoms with Crippen LogP contribution in [-0.4, -0.2) is 45.5 Å². The first-order valence-electron chi connectivity index (χ1n) is 11.2. The summed E-state index contributed by atoms with van der Waals surface area (Å²) < 4.78 is 0. The Hall–Kier alpha value is -3.64. The van der Waals surface area contributed by atoms with Crippen LogP contribution in [0.2, 0.25) is 0 Å². The summed E-state index contributed by atoms with van der Waals surface area (Å²) in [6, 6.07) is 27.0. The predicted octanol–water partition coefficient (Wildman–Crippen LogP) is 3.73. The molecule has 2 N–H and O–H groups in total. The van der Waals surface area contributed by atoms with Gasteiger partial charge >= 0.3 is 6.03 Å². The van der Waals surface area contributed by atoms with Crippen molar-refractivity contribution in [2.75, 3.05) is 6.61 Å². The maximum absolute atomic E-state index is 13.5. The van der Waals surface area contributed by atoms with Gasteiger partial charge in [0, 0.05) is 13.1 Å². The van der Waals surface area contributed by atoms with Crippen molar-refractivity contribution in [3.8, 4) is 0 Å². The van der Waals surface area contributed by atoms with Gasteiger partial charge in [0.25, 0.3) is 0 Å². The molecule has 0 radical (unpaired) electrons. The van der Waals surface area contributed by atoms with Crippen molar-refractivity contribution in [3.63, 3.8) is 0 Å². The standard InChI is InChI=1S/C27H29N3O3/c1-20(23-15-9-4-10-16-23)28-26(32)25-24(19-31)29(17-21-11-5-2-6-12-21)27(33)30(25)18-22-13-7-3-8-14-22/h2-16,20,24-25,31H,17-19H2,1H3,(H,28,32)/t20-,24+,25+/m1/s1. The zero-order valence-corrected chi connectivity index (χ0v) is 18.7. The number of hydrogen-bond donors (Lipinski definition) is 2. The molecule has 33 heavy (non-hydrogen) atoms. The number of benzene rings is 3. The molecule has 3 aromatic carbocycles. The molecule has 6 heteroatoms. The van der Waals surface area contributed by atoms with Crippen LogP contribution in [0, 0.1) is 0 Å². The lowest BCUT2D eigenvalue weighted by Crippen LogP contribution is -2.50. The maximum atomic E-state index is 13.5. The number of nitrogens with zero attached hydrogens (tertiary/aromatic N) is 2. The number of aliphatic hydroxyl groups is 1. The third kappa shape index (κ3) is 5.07. The van der Waals surface area contributed by atoms with Gasteiger partial charge in [0.1, 0.15) is 6.04 Å². The van der Waals surface area contributed by atoms with Crippen molar-refractivity contribution in [1.82, 2.24) is 15.1 Å². The minimum atomic E-state index is -0.808. The molecule has 1 saturated heterocycles. The minimum absolute atomic E-state index is 0.227. The van der Waals surface area contributed by atoms with E-state index in [4.69, 9.17) is 0 Å². The van der Waals surface area contributed by atoms with Crippen molar-refractivity contribution < 1.29 is 14.7 Å². The highest BCUT2D eigenvalue weighted by atomic mass is 16.3. The predicted molar refractivity (Wildman–Crippen MR) is 127 cm³/mol. The molecule has 3 amide bonds. The highest BCUT2D eigenvalue weighted by molar-refractivity contribution is 5.91. The molecule has 170 valence electrons. The smallest absolute Gasteiger partial charge is 0.321 e. The Morgan fingerprint density at radius 3 is 1.85 bits per heavy atom. The molecule has 4 rings (SSSR count). The third-order valence-electron chi connectivity index (χ3n) is 6.10. The molecule has 0 bridgehead atoms. The summed E-state index contributed by atoms with van der Waals surface area (Å²) in [5, 5.41) is 13.3. The van der Waals surface area contributed by atoms with Gasteiger partial charge in [-0.1, -0.05) is 91.0 Å². The van der Waals surface area contributed by atoms with E-state index in [0.717, 1.165) is 16.7 Å². The van der Waals surface area contributed by atoms with Gasteiger partial charge in [0.05, 0.1) is 18.7 Å². The van der Waals surface area contributed by atoms with Gasteiger partial charge in [-0.25, -0.2) is 4.79 Å². The average molecular weight is 444 g/mol. The van der Waals surface area contributed by atoms with E-state index in [2.05, 4.69) is 5.32 Å². The summed E-state index contributed by atoms with van der Waals surface area (Å²) in [5.41, 5.74) is 2.85. The van der Waals surface area contributed by atoms with E-state index in [1.54, 1.807) is 9.80 Å². The van der Waals surface area contributed by atoms with Crippen molar-refractivity contribution >= 4 is 11.9 Å². The van der Waals surface area contributed by atoms with Gasteiger partial charge in [-0.2, -0.15) is 0 Å². The molecular weight excluding hydrogens is 414 g/mol. The zero-order chi connectivity index (χ0) is 23.2. The lowest BCUT2D eigenvalue weighted by molar-refractivity contribution is -0.127. The molecule has 1 fully saturated rings. The van der Waals surface area contributed by atoms with Crippen LogP contribution in [0.4, 0.5) is 4.79 Å². The van der Waals surface area contributed by atoms with Gasteiger partial charge in [0.2, 0.25) is 5.91 Å². The first-order valence-corrected chi connectivity index (χ1v) is 11.2.